The molecule has 0 aromatic carbocycles. The molecule has 308 valence electrons. The number of hydrogen-bond donors (Lipinski definition) is 1. The zero-order valence-corrected chi connectivity index (χ0v) is 35.0. The quantitative estimate of drug-likeness (QED) is 0.0165. The summed E-state index contributed by atoms with van der Waals surface area (Å²) < 4.78 is 33.6. The Balaban J connectivity index is 4.63. The maximum Gasteiger partial charge on any atom is 0.306 e. The lowest BCUT2D eigenvalue weighted by molar-refractivity contribution is -0.870. The van der Waals surface area contributed by atoms with Crippen molar-refractivity contribution in [2.24, 2.45) is 0 Å². The van der Waals surface area contributed by atoms with Crippen LogP contribution in [0.4, 0.5) is 0 Å². The van der Waals surface area contributed by atoms with Crippen molar-refractivity contribution in [3.8, 4) is 0 Å². The minimum Gasteiger partial charge on any atom is -0.756 e. The Bertz CT molecular complexity index is 1070. The van der Waals surface area contributed by atoms with Crippen molar-refractivity contribution in [2.45, 2.75) is 161 Å². The van der Waals surface area contributed by atoms with Crippen LogP contribution in [0.25, 0.3) is 0 Å². The average Bonchev–Trinajstić information content (AvgIpc) is 3.09. The molecule has 10 nitrogen and oxygen atoms in total. The molecule has 0 rings (SSSR count). The molecule has 1 N–H and O–H groups in total. The summed E-state index contributed by atoms with van der Waals surface area (Å²) in [5, 5.41) is 10.3. The lowest BCUT2D eigenvalue weighted by Crippen LogP contribution is -2.37. The maximum absolute atomic E-state index is 12.6. The van der Waals surface area contributed by atoms with E-state index in [0.29, 0.717) is 30.3 Å². The Morgan fingerprint density at radius 2 is 1.26 bits per heavy atom. The summed E-state index contributed by atoms with van der Waals surface area (Å²) in [4.78, 5) is 37.4. The Morgan fingerprint density at radius 1 is 0.698 bits per heavy atom. The van der Waals surface area contributed by atoms with Gasteiger partial charge in [-0.05, 0) is 44.9 Å². The first-order valence-electron chi connectivity index (χ1n) is 20.5. The van der Waals surface area contributed by atoms with Crippen molar-refractivity contribution in [3.05, 3.63) is 48.6 Å². The number of unbranched alkanes of at least 4 members (excludes halogenated alkanes) is 13. The molecule has 0 fully saturated rings. The number of phosphoric ester groups is 1. The third-order valence-electron chi connectivity index (χ3n) is 8.46. The fourth-order valence-electron chi connectivity index (χ4n) is 5.17. The van der Waals surface area contributed by atoms with Crippen molar-refractivity contribution >= 4 is 19.8 Å². The van der Waals surface area contributed by atoms with Gasteiger partial charge in [-0.25, -0.2) is 0 Å². The van der Waals surface area contributed by atoms with Gasteiger partial charge in [-0.3, -0.25) is 14.2 Å². The average molecular weight is 770 g/mol. The highest BCUT2D eigenvalue weighted by atomic mass is 31.2. The highest BCUT2D eigenvalue weighted by Gasteiger charge is 2.22. The number of aliphatic hydroxyl groups is 1. The van der Waals surface area contributed by atoms with Crippen LogP contribution in [0.2, 0.25) is 0 Å². The van der Waals surface area contributed by atoms with E-state index in [1.54, 1.807) is 12.2 Å². The molecule has 0 bridgehead atoms. The van der Waals surface area contributed by atoms with Crippen LogP contribution < -0.4 is 4.89 Å². The van der Waals surface area contributed by atoms with E-state index in [4.69, 9.17) is 18.5 Å². The minimum absolute atomic E-state index is 0.00317. The predicted molar refractivity (Wildman–Crippen MR) is 214 cm³/mol. The van der Waals surface area contributed by atoms with Crippen LogP contribution in [-0.4, -0.2) is 81.2 Å². The summed E-state index contributed by atoms with van der Waals surface area (Å²) in [5.41, 5.74) is 0. The SMILES string of the molecule is CCCCC/C=C\C/C=C\C/C=C\C=C\C(O)CCCC(=O)OC(COC(=O)CCCCCCCCCCCCC)COP(=O)([O-])OCC[N+](C)(C)C. The molecule has 0 saturated carbocycles. The van der Waals surface area contributed by atoms with Gasteiger partial charge in [0.25, 0.3) is 7.82 Å². The summed E-state index contributed by atoms with van der Waals surface area (Å²) in [7, 11) is 1.04. The van der Waals surface area contributed by atoms with Gasteiger partial charge in [0.1, 0.15) is 19.8 Å². The third-order valence-corrected chi connectivity index (χ3v) is 9.42. The number of rotatable bonds is 36. The van der Waals surface area contributed by atoms with Gasteiger partial charge in [0.2, 0.25) is 0 Å². The first-order chi connectivity index (χ1) is 25.4. The second-order valence-electron chi connectivity index (χ2n) is 14.9. The zero-order chi connectivity index (χ0) is 39.5. The van der Waals surface area contributed by atoms with Gasteiger partial charge in [-0.2, -0.15) is 0 Å². The standard InChI is InChI=1S/C42H76NO9P/c1-6-8-10-12-14-16-18-19-21-22-24-26-28-31-39(44)32-30-34-42(46)52-40(38-51-53(47,48)50-36-35-43(3,4)5)37-49-41(45)33-29-27-25-23-20-17-15-13-11-9-7-2/h14,16,19,21,24,26,28,31,39-40,44H,6-13,15,17-18,20,22-23,25,27,29-30,32-38H2,1-5H3/b16-14-,21-19-,26-24-,31-28+. The number of nitrogens with zero attached hydrogens (tertiary/aromatic N) is 1. The number of quaternary nitrogens is 1. The van der Waals surface area contributed by atoms with Crippen molar-refractivity contribution in [1.82, 2.24) is 0 Å². The fourth-order valence-corrected chi connectivity index (χ4v) is 5.90. The van der Waals surface area contributed by atoms with Gasteiger partial charge in [0.15, 0.2) is 6.10 Å². The lowest BCUT2D eigenvalue weighted by Gasteiger charge is -2.28. The molecule has 3 atom stereocenters. The number of esters is 2. The number of hydrogen-bond acceptors (Lipinski definition) is 9. The van der Waals surface area contributed by atoms with Crippen LogP contribution in [-0.2, 0) is 32.7 Å². The molecule has 3 unspecified atom stereocenters. The van der Waals surface area contributed by atoms with Crippen LogP contribution in [0, 0.1) is 0 Å². The largest absolute Gasteiger partial charge is 0.756 e. The van der Waals surface area contributed by atoms with E-state index in [9.17, 15) is 24.2 Å². The van der Waals surface area contributed by atoms with Crippen LogP contribution in [0.1, 0.15) is 149 Å². The molecule has 0 saturated heterocycles. The second-order valence-corrected chi connectivity index (χ2v) is 16.3. The summed E-state index contributed by atoms with van der Waals surface area (Å²) in [5.74, 6) is -1.04. The van der Waals surface area contributed by atoms with Crippen molar-refractivity contribution < 1.29 is 47.2 Å². The highest BCUT2D eigenvalue weighted by molar-refractivity contribution is 7.45. The predicted octanol–water partition coefficient (Wildman–Crippen LogP) is 9.47. The summed E-state index contributed by atoms with van der Waals surface area (Å²) >= 11 is 0. The molecular formula is C42H76NO9P. The topological polar surface area (TPSA) is 131 Å². The van der Waals surface area contributed by atoms with E-state index in [2.05, 4.69) is 38.2 Å². The van der Waals surface area contributed by atoms with Crippen molar-refractivity contribution in [3.63, 3.8) is 0 Å². The summed E-state index contributed by atoms with van der Waals surface area (Å²) in [6.07, 6.45) is 34.6. The monoisotopic (exact) mass is 770 g/mol. The number of likely N-dealkylation sites (N-methyl/N-ethyl adjacent to an activating group) is 1. The molecule has 0 aromatic rings. The van der Waals surface area contributed by atoms with Crippen molar-refractivity contribution in [2.75, 3.05) is 47.5 Å². The third kappa shape index (κ3) is 38.0. The van der Waals surface area contributed by atoms with Crippen LogP contribution >= 0.6 is 7.82 Å². The van der Waals surface area contributed by atoms with E-state index >= 15 is 0 Å². The molecule has 53 heavy (non-hydrogen) atoms. The fraction of sp³-hybridized carbons (Fsp3) is 0.762. The molecule has 0 spiro atoms. The van der Waals surface area contributed by atoms with Gasteiger partial charge in [-0.15, -0.1) is 0 Å². The number of aliphatic hydroxyl groups excluding tert-OH is 1. The molecule has 0 heterocycles. The normalized spacial score (nSPS) is 14.8. The smallest absolute Gasteiger partial charge is 0.306 e. The number of ether oxygens (including phenoxy) is 2. The van der Waals surface area contributed by atoms with E-state index in [1.807, 2.05) is 33.3 Å². The Labute approximate surface area is 323 Å². The lowest BCUT2D eigenvalue weighted by atomic mass is 10.1. The molecule has 0 amide bonds. The number of phosphoric acid groups is 1. The van der Waals surface area contributed by atoms with Gasteiger partial charge in [-0.1, -0.05) is 140 Å². The number of carbonyl (C=O) groups is 2. The van der Waals surface area contributed by atoms with Crippen LogP contribution in [0.15, 0.2) is 48.6 Å². The Morgan fingerprint density at radius 3 is 1.91 bits per heavy atom. The second kappa shape index (κ2) is 34.4. The van der Waals surface area contributed by atoms with E-state index in [0.717, 1.165) is 38.5 Å². The van der Waals surface area contributed by atoms with Gasteiger partial charge >= 0.3 is 11.9 Å². The number of allylic oxidation sites excluding steroid dienone is 7. The summed E-state index contributed by atoms with van der Waals surface area (Å²) in [6.45, 7) is 3.94. The molecule has 0 aromatic heterocycles. The van der Waals surface area contributed by atoms with E-state index < -0.39 is 38.6 Å². The van der Waals surface area contributed by atoms with Gasteiger partial charge < -0.3 is 33.0 Å². The first kappa shape index (κ1) is 50.9. The summed E-state index contributed by atoms with van der Waals surface area (Å²) in [6, 6.07) is 0. The van der Waals surface area contributed by atoms with Gasteiger partial charge in [0.05, 0.1) is 33.9 Å². The van der Waals surface area contributed by atoms with Gasteiger partial charge in [0, 0.05) is 12.8 Å². The zero-order valence-electron chi connectivity index (χ0n) is 34.1. The maximum atomic E-state index is 12.6. The number of carbonyl (C=O) groups excluding carboxylic acids is 2. The first-order valence-corrected chi connectivity index (χ1v) is 21.9. The molecular weight excluding hydrogens is 693 g/mol. The molecule has 0 aliphatic rings. The van der Waals surface area contributed by atoms with E-state index in [1.165, 1.54) is 64.2 Å². The molecule has 0 aliphatic heterocycles. The Kier molecular flexibility index (Phi) is 33.1. The van der Waals surface area contributed by atoms with Crippen LogP contribution in [0.5, 0.6) is 0 Å². The highest BCUT2D eigenvalue weighted by Crippen LogP contribution is 2.38. The van der Waals surface area contributed by atoms with E-state index in [-0.39, 0.29) is 26.1 Å². The minimum atomic E-state index is -4.67. The van der Waals surface area contributed by atoms with Crippen LogP contribution in [0.3, 0.4) is 0 Å². The van der Waals surface area contributed by atoms with Crippen molar-refractivity contribution in [1.29, 1.82) is 0 Å². The molecule has 0 radical (unpaired) electrons. The molecule has 0 aliphatic carbocycles. The molecule has 11 heteroatoms. The Hall–Kier alpha value is -2.07.